The number of aromatic nitrogens is 2. The minimum absolute atomic E-state index is 0.110. The maximum Gasteiger partial charge on any atom is 0.349 e. The number of hydrogen-bond acceptors (Lipinski definition) is 5. The van der Waals surface area contributed by atoms with Gasteiger partial charge in [0.15, 0.2) is 0 Å². The highest BCUT2D eigenvalue weighted by molar-refractivity contribution is 5.95. The first-order chi connectivity index (χ1) is 13.3. The van der Waals surface area contributed by atoms with Crippen LogP contribution in [0.2, 0.25) is 0 Å². The third-order valence-electron chi connectivity index (χ3n) is 5.75. The number of carbonyl (C=O) groups excluding carboxylic acids is 1. The first kappa shape index (κ1) is 20.3. The zero-order valence-electron chi connectivity index (χ0n) is 17.4. The Morgan fingerprint density at radius 2 is 2.07 bits per heavy atom. The van der Waals surface area contributed by atoms with Gasteiger partial charge in [-0.1, -0.05) is 6.42 Å². The van der Waals surface area contributed by atoms with Gasteiger partial charge in [-0.3, -0.25) is 9.48 Å². The summed E-state index contributed by atoms with van der Waals surface area (Å²) in [4.78, 5) is 27.6. The van der Waals surface area contributed by atoms with Crippen LogP contribution in [0.4, 0.5) is 0 Å². The van der Waals surface area contributed by atoms with Gasteiger partial charge in [-0.25, -0.2) is 4.79 Å². The molecule has 152 valence electrons. The number of carbonyl (C=O) groups is 1. The van der Waals surface area contributed by atoms with Crippen LogP contribution in [0.5, 0.6) is 0 Å². The molecule has 0 aromatic carbocycles. The number of nitrogens with zero attached hydrogens (tertiary/aromatic N) is 3. The van der Waals surface area contributed by atoms with Crippen molar-refractivity contribution in [1.29, 1.82) is 0 Å². The van der Waals surface area contributed by atoms with E-state index in [-0.39, 0.29) is 11.5 Å². The van der Waals surface area contributed by atoms with Crippen LogP contribution in [0, 0.1) is 20.8 Å². The number of ether oxygens (including phenoxy) is 1. The highest BCUT2D eigenvalue weighted by Crippen LogP contribution is 2.36. The molecular formula is C21H29N3O4. The Hall–Kier alpha value is -2.41. The molecule has 0 radical (unpaired) electrons. The van der Waals surface area contributed by atoms with Crippen LogP contribution < -0.4 is 5.63 Å². The van der Waals surface area contributed by atoms with Crippen LogP contribution in [-0.2, 0) is 18.3 Å². The standard InChI is InChI=1S/C21H29N3O4/c1-13-11-18(16-7-6-8-16)28-21(26)19(13)20(25)24(9-10-27-5)12-17-14(2)22-23(4)15(17)3/h11,16H,6-10,12H2,1-5H3. The first-order valence-corrected chi connectivity index (χ1v) is 9.75. The summed E-state index contributed by atoms with van der Waals surface area (Å²) < 4.78 is 12.5. The maximum atomic E-state index is 13.3. The van der Waals surface area contributed by atoms with E-state index in [4.69, 9.17) is 9.15 Å². The van der Waals surface area contributed by atoms with Crippen molar-refractivity contribution in [2.45, 2.75) is 52.5 Å². The lowest BCUT2D eigenvalue weighted by molar-refractivity contribution is 0.0673. The van der Waals surface area contributed by atoms with Gasteiger partial charge in [-0.2, -0.15) is 5.10 Å². The van der Waals surface area contributed by atoms with Crippen LogP contribution in [0.3, 0.4) is 0 Å². The van der Waals surface area contributed by atoms with E-state index in [0.29, 0.717) is 36.9 Å². The molecule has 1 fully saturated rings. The van der Waals surface area contributed by atoms with Crippen molar-refractivity contribution in [2.75, 3.05) is 20.3 Å². The molecular weight excluding hydrogens is 358 g/mol. The van der Waals surface area contributed by atoms with Crippen LogP contribution in [0.1, 0.15) is 63.8 Å². The van der Waals surface area contributed by atoms with E-state index in [1.54, 1.807) is 23.6 Å². The summed E-state index contributed by atoms with van der Waals surface area (Å²) in [7, 11) is 3.47. The lowest BCUT2D eigenvalue weighted by Crippen LogP contribution is -2.37. The van der Waals surface area contributed by atoms with Crippen molar-refractivity contribution in [3.05, 3.63) is 50.3 Å². The monoisotopic (exact) mass is 387 g/mol. The van der Waals surface area contributed by atoms with Gasteiger partial charge in [-0.05, 0) is 45.2 Å². The zero-order chi connectivity index (χ0) is 20.4. The number of amides is 1. The average Bonchev–Trinajstić information content (AvgIpc) is 2.82. The number of aryl methyl sites for hydroxylation is 3. The van der Waals surface area contributed by atoms with E-state index >= 15 is 0 Å². The highest BCUT2D eigenvalue weighted by atomic mass is 16.5. The number of methoxy groups -OCH3 is 1. The smallest absolute Gasteiger partial charge is 0.349 e. The van der Waals surface area contributed by atoms with Crippen molar-refractivity contribution in [1.82, 2.24) is 14.7 Å². The molecule has 1 aliphatic rings. The normalized spacial score (nSPS) is 14.2. The largest absolute Gasteiger partial charge is 0.427 e. The van der Waals surface area contributed by atoms with Crippen molar-refractivity contribution >= 4 is 5.91 Å². The Bertz CT molecular complexity index is 924. The van der Waals surface area contributed by atoms with Crippen LogP contribution in [0.15, 0.2) is 15.3 Å². The van der Waals surface area contributed by atoms with Gasteiger partial charge in [0.05, 0.1) is 12.3 Å². The molecule has 1 saturated carbocycles. The Kier molecular flexibility index (Phi) is 6.03. The summed E-state index contributed by atoms with van der Waals surface area (Å²) >= 11 is 0. The van der Waals surface area contributed by atoms with Crippen LogP contribution in [-0.4, -0.2) is 40.8 Å². The molecule has 0 bridgehead atoms. The van der Waals surface area contributed by atoms with Gasteiger partial charge in [0.2, 0.25) is 0 Å². The summed E-state index contributed by atoms with van der Waals surface area (Å²) in [6.07, 6.45) is 3.23. The van der Waals surface area contributed by atoms with Crippen molar-refractivity contribution < 1.29 is 13.9 Å². The molecule has 7 heteroatoms. The zero-order valence-corrected chi connectivity index (χ0v) is 17.4. The van der Waals surface area contributed by atoms with Gasteiger partial charge in [0.1, 0.15) is 11.3 Å². The minimum atomic E-state index is -0.547. The highest BCUT2D eigenvalue weighted by Gasteiger charge is 2.28. The fourth-order valence-corrected chi connectivity index (χ4v) is 3.63. The Labute approximate surface area is 165 Å². The Morgan fingerprint density at radius 3 is 2.57 bits per heavy atom. The van der Waals surface area contributed by atoms with Crippen LogP contribution in [0.25, 0.3) is 0 Å². The molecule has 0 saturated heterocycles. The fourth-order valence-electron chi connectivity index (χ4n) is 3.63. The molecule has 1 aliphatic carbocycles. The second-order valence-corrected chi connectivity index (χ2v) is 7.61. The molecule has 1 amide bonds. The summed E-state index contributed by atoms with van der Waals surface area (Å²) in [5, 5.41) is 4.43. The van der Waals surface area contributed by atoms with E-state index in [1.807, 2.05) is 27.0 Å². The number of rotatable bonds is 7. The predicted octanol–water partition coefficient (Wildman–Crippen LogP) is 2.85. The summed E-state index contributed by atoms with van der Waals surface area (Å²) in [6.45, 7) is 6.84. The topological polar surface area (TPSA) is 77.6 Å². The van der Waals surface area contributed by atoms with Gasteiger partial charge >= 0.3 is 5.63 Å². The van der Waals surface area contributed by atoms with E-state index in [0.717, 1.165) is 36.2 Å². The van der Waals surface area contributed by atoms with E-state index in [9.17, 15) is 9.59 Å². The SMILES string of the molecule is COCCN(Cc1c(C)nn(C)c1C)C(=O)c1c(C)cc(C2CCC2)oc1=O. The summed E-state index contributed by atoms with van der Waals surface area (Å²) in [6, 6.07) is 1.85. The van der Waals surface area contributed by atoms with Gasteiger partial charge in [0.25, 0.3) is 5.91 Å². The Morgan fingerprint density at radius 1 is 1.36 bits per heavy atom. The van der Waals surface area contributed by atoms with Crippen LogP contribution >= 0.6 is 0 Å². The minimum Gasteiger partial charge on any atom is -0.427 e. The molecule has 0 atom stereocenters. The lowest BCUT2D eigenvalue weighted by Gasteiger charge is -2.25. The van der Waals surface area contributed by atoms with Gasteiger partial charge in [0, 0.05) is 44.4 Å². The quantitative estimate of drug-likeness (QED) is 0.730. The molecule has 7 nitrogen and oxygen atoms in total. The Balaban J connectivity index is 1.92. The van der Waals surface area contributed by atoms with E-state index in [2.05, 4.69) is 5.10 Å². The number of hydrogen-bond donors (Lipinski definition) is 0. The molecule has 0 spiro atoms. The lowest BCUT2D eigenvalue weighted by atomic mass is 9.83. The maximum absolute atomic E-state index is 13.3. The fraction of sp³-hybridized carbons (Fsp3) is 0.571. The molecule has 3 rings (SSSR count). The summed E-state index contributed by atoms with van der Waals surface area (Å²) in [5.74, 6) is 0.680. The van der Waals surface area contributed by atoms with Crippen molar-refractivity contribution in [3.63, 3.8) is 0 Å². The third kappa shape index (κ3) is 3.90. The third-order valence-corrected chi connectivity index (χ3v) is 5.75. The second-order valence-electron chi connectivity index (χ2n) is 7.61. The second kappa shape index (κ2) is 8.31. The van der Waals surface area contributed by atoms with E-state index < -0.39 is 5.63 Å². The van der Waals surface area contributed by atoms with Gasteiger partial charge in [-0.15, -0.1) is 0 Å². The molecule has 0 unspecified atom stereocenters. The average molecular weight is 387 g/mol. The predicted molar refractivity (Wildman–Crippen MR) is 106 cm³/mol. The van der Waals surface area contributed by atoms with E-state index in [1.165, 1.54) is 0 Å². The van der Waals surface area contributed by atoms with Crippen molar-refractivity contribution in [3.8, 4) is 0 Å². The molecule has 0 N–H and O–H groups in total. The molecule has 2 aromatic heterocycles. The van der Waals surface area contributed by atoms with Gasteiger partial charge < -0.3 is 14.1 Å². The molecule has 28 heavy (non-hydrogen) atoms. The molecule has 2 aromatic rings. The molecule has 2 heterocycles. The van der Waals surface area contributed by atoms with Crippen molar-refractivity contribution in [2.24, 2.45) is 7.05 Å². The summed E-state index contributed by atoms with van der Waals surface area (Å²) in [5.41, 5.74) is 3.09. The molecule has 0 aliphatic heterocycles. The first-order valence-electron chi connectivity index (χ1n) is 9.75.